The second kappa shape index (κ2) is 8.63. The van der Waals surface area contributed by atoms with Crippen molar-refractivity contribution in [3.63, 3.8) is 0 Å². The molecule has 0 aromatic heterocycles. The molecule has 0 aliphatic carbocycles. The lowest BCUT2D eigenvalue weighted by Crippen LogP contribution is -2.34. The number of rotatable bonds is 5. The molecule has 1 saturated heterocycles. The van der Waals surface area contributed by atoms with E-state index in [0.717, 1.165) is 29.8 Å². The van der Waals surface area contributed by atoms with Gasteiger partial charge in [0.1, 0.15) is 0 Å². The standard InChI is InChI=1S/C20H22Cl2N4O/c1-13(17-9-6-15(21)11-18(17)22)25-20(23)24-12-14-4-7-16(8-5-14)26-10-2-3-19(26)27/h4-9,11,13H,2-3,10,12H2,1H3,(H3,23,24,25). The Hall–Kier alpha value is -2.24. The Kier molecular flexibility index (Phi) is 6.24. The van der Waals surface area contributed by atoms with Crippen molar-refractivity contribution in [2.75, 3.05) is 11.4 Å². The van der Waals surface area contributed by atoms with Gasteiger partial charge in [-0.1, -0.05) is 41.4 Å². The first-order chi connectivity index (χ1) is 12.9. The number of anilines is 1. The molecule has 1 atom stereocenters. The summed E-state index contributed by atoms with van der Waals surface area (Å²) in [5.74, 6) is 0.524. The first-order valence-electron chi connectivity index (χ1n) is 8.85. The van der Waals surface area contributed by atoms with Crippen molar-refractivity contribution in [3.05, 3.63) is 63.6 Å². The summed E-state index contributed by atoms with van der Waals surface area (Å²) < 4.78 is 0. The SMILES string of the molecule is CC(NC(N)=NCc1ccc(N2CCCC2=O)cc1)c1ccc(Cl)cc1Cl. The van der Waals surface area contributed by atoms with Gasteiger partial charge < -0.3 is 16.0 Å². The van der Waals surface area contributed by atoms with Crippen LogP contribution in [0.25, 0.3) is 0 Å². The molecule has 3 N–H and O–H groups in total. The molecule has 0 bridgehead atoms. The quantitative estimate of drug-likeness (QED) is 0.576. The van der Waals surface area contributed by atoms with E-state index in [2.05, 4.69) is 10.3 Å². The number of guanidine groups is 1. The maximum Gasteiger partial charge on any atom is 0.227 e. The molecule has 1 aliphatic heterocycles. The van der Waals surface area contributed by atoms with Crippen molar-refractivity contribution in [2.45, 2.75) is 32.4 Å². The molecule has 1 unspecified atom stereocenters. The molecule has 2 aromatic rings. The van der Waals surface area contributed by atoms with Crippen LogP contribution in [-0.4, -0.2) is 18.4 Å². The largest absolute Gasteiger partial charge is 0.370 e. The number of halogens is 2. The van der Waals surface area contributed by atoms with E-state index in [1.165, 1.54) is 0 Å². The van der Waals surface area contributed by atoms with Crippen LogP contribution >= 0.6 is 23.2 Å². The third-order valence-corrected chi connectivity index (χ3v) is 5.11. The van der Waals surface area contributed by atoms with Crippen LogP contribution in [0.2, 0.25) is 10.0 Å². The van der Waals surface area contributed by atoms with Crippen molar-refractivity contribution in [1.29, 1.82) is 0 Å². The van der Waals surface area contributed by atoms with Crippen LogP contribution in [0.4, 0.5) is 5.69 Å². The summed E-state index contributed by atoms with van der Waals surface area (Å²) in [6.45, 7) is 3.20. The second-order valence-corrected chi connectivity index (χ2v) is 7.39. The van der Waals surface area contributed by atoms with Gasteiger partial charge in [-0.05, 0) is 48.7 Å². The molecule has 0 saturated carbocycles. The van der Waals surface area contributed by atoms with Gasteiger partial charge in [-0.3, -0.25) is 4.79 Å². The Morgan fingerprint density at radius 1 is 1.26 bits per heavy atom. The van der Waals surface area contributed by atoms with Crippen LogP contribution in [0.3, 0.4) is 0 Å². The van der Waals surface area contributed by atoms with Gasteiger partial charge in [0.2, 0.25) is 5.91 Å². The molecule has 1 fully saturated rings. The maximum absolute atomic E-state index is 11.8. The number of hydrogen-bond acceptors (Lipinski definition) is 2. The lowest BCUT2D eigenvalue weighted by atomic mass is 10.1. The average molecular weight is 405 g/mol. The molecule has 5 nitrogen and oxygen atoms in total. The highest BCUT2D eigenvalue weighted by molar-refractivity contribution is 6.35. The van der Waals surface area contributed by atoms with Gasteiger partial charge in [-0.15, -0.1) is 0 Å². The predicted molar refractivity (Wildman–Crippen MR) is 111 cm³/mol. The second-order valence-electron chi connectivity index (χ2n) is 6.55. The summed E-state index contributed by atoms with van der Waals surface area (Å²) in [4.78, 5) is 18.0. The van der Waals surface area contributed by atoms with Gasteiger partial charge in [0.05, 0.1) is 12.6 Å². The lowest BCUT2D eigenvalue weighted by molar-refractivity contribution is -0.117. The summed E-state index contributed by atoms with van der Waals surface area (Å²) in [6.07, 6.45) is 1.55. The Morgan fingerprint density at radius 2 is 2.00 bits per heavy atom. The minimum atomic E-state index is -0.0953. The summed E-state index contributed by atoms with van der Waals surface area (Å²) in [5, 5.41) is 4.32. The molecule has 7 heteroatoms. The van der Waals surface area contributed by atoms with E-state index in [0.29, 0.717) is 29.0 Å². The number of nitrogens with one attached hydrogen (secondary N) is 1. The van der Waals surface area contributed by atoms with Crippen LogP contribution in [0.15, 0.2) is 47.5 Å². The molecule has 1 aliphatic rings. The van der Waals surface area contributed by atoms with Crippen molar-refractivity contribution in [3.8, 4) is 0 Å². The Labute approximate surface area is 169 Å². The number of benzene rings is 2. The molecular formula is C20H22Cl2N4O. The van der Waals surface area contributed by atoms with E-state index in [4.69, 9.17) is 28.9 Å². The van der Waals surface area contributed by atoms with Gasteiger partial charge in [0.15, 0.2) is 5.96 Å². The fourth-order valence-corrected chi connectivity index (χ4v) is 3.65. The van der Waals surface area contributed by atoms with Gasteiger partial charge in [-0.25, -0.2) is 4.99 Å². The molecule has 3 rings (SSSR count). The van der Waals surface area contributed by atoms with Crippen LogP contribution < -0.4 is 16.0 Å². The smallest absolute Gasteiger partial charge is 0.227 e. The molecule has 0 radical (unpaired) electrons. The average Bonchev–Trinajstić information content (AvgIpc) is 3.06. The minimum absolute atomic E-state index is 0.0953. The molecule has 1 heterocycles. The zero-order valence-corrected chi connectivity index (χ0v) is 16.6. The molecule has 142 valence electrons. The number of carbonyl (C=O) groups is 1. The van der Waals surface area contributed by atoms with Gasteiger partial charge in [0, 0.05) is 28.7 Å². The van der Waals surface area contributed by atoms with Gasteiger partial charge >= 0.3 is 0 Å². The zero-order chi connectivity index (χ0) is 19.4. The molecule has 2 aromatic carbocycles. The third kappa shape index (κ3) is 4.93. The van der Waals surface area contributed by atoms with E-state index >= 15 is 0 Å². The summed E-state index contributed by atoms with van der Waals surface area (Å²) in [6, 6.07) is 13.1. The highest BCUT2D eigenvalue weighted by Crippen LogP contribution is 2.26. The van der Waals surface area contributed by atoms with E-state index in [1.54, 1.807) is 12.1 Å². The van der Waals surface area contributed by atoms with Gasteiger partial charge in [-0.2, -0.15) is 0 Å². The van der Waals surface area contributed by atoms with Crippen LogP contribution in [-0.2, 0) is 11.3 Å². The van der Waals surface area contributed by atoms with E-state index in [9.17, 15) is 4.79 Å². The number of hydrogen-bond donors (Lipinski definition) is 2. The van der Waals surface area contributed by atoms with Crippen molar-refractivity contribution in [1.82, 2.24) is 5.32 Å². The van der Waals surface area contributed by atoms with Crippen LogP contribution in [0.1, 0.15) is 36.9 Å². The Morgan fingerprint density at radius 3 is 2.63 bits per heavy atom. The maximum atomic E-state index is 11.8. The topological polar surface area (TPSA) is 70.7 Å². The third-order valence-electron chi connectivity index (χ3n) is 4.55. The first kappa shape index (κ1) is 19.5. The van der Waals surface area contributed by atoms with Crippen LogP contribution in [0.5, 0.6) is 0 Å². The first-order valence-corrected chi connectivity index (χ1v) is 9.60. The fraction of sp³-hybridized carbons (Fsp3) is 0.300. The van der Waals surface area contributed by atoms with Crippen LogP contribution in [0, 0.1) is 0 Å². The fourth-order valence-electron chi connectivity index (χ4n) is 3.08. The molecule has 27 heavy (non-hydrogen) atoms. The monoisotopic (exact) mass is 404 g/mol. The Bertz CT molecular complexity index is 852. The highest BCUT2D eigenvalue weighted by Gasteiger charge is 2.21. The normalized spacial score (nSPS) is 15.9. The lowest BCUT2D eigenvalue weighted by Gasteiger charge is -2.17. The van der Waals surface area contributed by atoms with Gasteiger partial charge in [0.25, 0.3) is 0 Å². The number of amides is 1. The summed E-state index contributed by atoms with van der Waals surface area (Å²) in [7, 11) is 0. The highest BCUT2D eigenvalue weighted by atomic mass is 35.5. The van der Waals surface area contributed by atoms with E-state index in [1.807, 2.05) is 42.2 Å². The number of carbonyl (C=O) groups excluding carboxylic acids is 1. The van der Waals surface area contributed by atoms with Crippen molar-refractivity contribution < 1.29 is 4.79 Å². The van der Waals surface area contributed by atoms with Crippen molar-refractivity contribution >= 4 is 40.8 Å². The number of nitrogens with two attached hydrogens (primary N) is 1. The number of nitrogens with zero attached hydrogens (tertiary/aromatic N) is 2. The summed E-state index contributed by atoms with van der Waals surface area (Å²) >= 11 is 12.2. The summed E-state index contributed by atoms with van der Waals surface area (Å²) in [5.41, 5.74) is 8.86. The minimum Gasteiger partial charge on any atom is -0.370 e. The van der Waals surface area contributed by atoms with E-state index in [-0.39, 0.29) is 11.9 Å². The molecule has 1 amide bonds. The zero-order valence-electron chi connectivity index (χ0n) is 15.1. The molecular weight excluding hydrogens is 383 g/mol. The van der Waals surface area contributed by atoms with E-state index < -0.39 is 0 Å². The predicted octanol–water partition coefficient (Wildman–Crippen LogP) is 4.29. The van der Waals surface area contributed by atoms with Crippen molar-refractivity contribution in [2.24, 2.45) is 10.7 Å². The molecule has 0 spiro atoms. The Balaban J connectivity index is 1.59. The number of aliphatic imine (C=N–C) groups is 1.